The topological polar surface area (TPSA) is 225 Å². The number of aromatic nitrogens is 4. The summed E-state index contributed by atoms with van der Waals surface area (Å²) in [6, 6.07) is 34.2. The summed E-state index contributed by atoms with van der Waals surface area (Å²) in [7, 11) is 0. The fraction of sp³-hybridized carbons (Fsp3) is 0.357. The molecule has 0 radical (unpaired) electrons. The van der Waals surface area contributed by atoms with Gasteiger partial charge in [0, 0.05) is 68.6 Å². The highest BCUT2D eigenvalue weighted by Crippen LogP contribution is 2.29. The highest BCUT2D eigenvalue weighted by atomic mass is 35.5. The van der Waals surface area contributed by atoms with E-state index in [1.165, 1.54) is 21.6 Å². The first kappa shape index (κ1) is 56.5. The van der Waals surface area contributed by atoms with E-state index in [4.69, 9.17) is 36.3 Å². The zero-order chi connectivity index (χ0) is 54.1. The van der Waals surface area contributed by atoms with Crippen molar-refractivity contribution in [3.05, 3.63) is 160 Å². The van der Waals surface area contributed by atoms with Gasteiger partial charge in [-0.1, -0.05) is 60.7 Å². The zero-order valence-electron chi connectivity index (χ0n) is 43.8. The molecule has 396 valence electrons. The highest BCUT2D eigenvalue weighted by Gasteiger charge is 2.25. The van der Waals surface area contributed by atoms with Crippen LogP contribution in [0, 0.1) is 0 Å². The van der Waals surface area contributed by atoms with Crippen molar-refractivity contribution in [1.82, 2.24) is 30.6 Å². The van der Waals surface area contributed by atoms with Crippen LogP contribution in [0.1, 0.15) is 110 Å². The third kappa shape index (κ3) is 17.7. The van der Waals surface area contributed by atoms with E-state index in [1.807, 2.05) is 92.7 Å². The molecule has 2 aromatic heterocycles. The van der Waals surface area contributed by atoms with Crippen molar-refractivity contribution in [2.75, 3.05) is 54.5 Å². The third-order valence-corrected chi connectivity index (χ3v) is 11.3. The third-order valence-electron chi connectivity index (χ3n) is 11.1. The SMILES string of the molecule is CC(C)(C)OC(=O)NCCN(C(=O)c1ccc2c(c1)CCO2)c1ccnc(Cl)n1.C[C@H](N)c1ccccc1.C[C@H](Nc1nccc(N(CCNC(=O)OC(C)(C)C)C(=O)c2ccc3c(c2)CCO3)n1)c1ccccc1. The number of carbonyl (C=O) groups excluding carboxylic acids is 4. The molecule has 0 saturated heterocycles. The molecule has 2 atom stereocenters. The summed E-state index contributed by atoms with van der Waals surface area (Å²) in [5.74, 6) is 2.27. The number of amides is 4. The lowest BCUT2D eigenvalue weighted by Gasteiger charge is -2.24. The van der Waals surface area contributed by atoms with E-state index in [-0.39, 0.29) is 55.4 Å². The zero-order valence-corrected chi connectivity index (χ0v) is 44.5. The molecular weight excluding hydrogens is 976 g/mol. The van der Waals surface area contributed by atoms with E-state index >= 15 is 0 Å². The molecular formula is C56H67ClN10O8. The molecule has 6 aromatic rings. The molecule has 0 aliphatic carbocycles. The van der Waals surface area contributed by atoms with Gasteiger partial charge >= 0.3 is 12.2 Å². The Labute approximate surface area is 443 Å². The minimum Gasteiger partial charge on any atom is -0.493 e. The average Bonchev–Trinajstić information content (AvgIpc) is 4.06. The number of ether oxygens (including phenoxy) is 4. The summed E-state index contributed by atoms with van der Waals surface area (Å²) in [5.41, 5.74) is 9.68. The molecule has 75 heavy (non-hydrogen) atoms. The Morgan fingerprint density at radius 2 is 1.09 bits per heavy atom. The van der Waals surface area contributed by atoms with Gasteiger partial charge in [0.05, 0.1) is 19.3 Å². The maximum atomic E-state index is 13.7. The minimum atomic E-state index is -0.616. The second-order valence-corrected chi connectivity index (χ2v) is 19.8. The second-order valence-electron chi connectivity index (χ2n) is 19.5. The van der Waals surface area contributed by atoms with Gasteiger partial charge < -0.3 is 40.6 Å². The number of nitrogens with zero attached hydrogens (tertiary/aromatic N) is 6. The number of hydrogen-bond acceptors (Lipinski definition) is 14. The Morgan fingerprint density at radius 3 is 1.53 bits per heavy atom. The van der Waals surface area contributed by atoms with Crippen molar-refractivity contribution < 1.29 is 38.1 Å². The lowest BCUT2D eigenvalue weighted by molar-refractivity contribution is 0.0517. The molecule has 0 unspecified atom stereocenters. The van der Waals surface area contributed by atoms with Crippen LogP contribution in [0.5, 0.6) is 11.5 Å². The summed E-state index contributed by atoms with van der Waals surface area (Å²) in [6.45, 7) is 16.7. The Morgan fingerprint density at radius 1 is 0.640 bits per heavy atom. The Kier molecular flexibility index (Phi) is 19.9. The molecule has 5 N–H and O–H groups in total. The number of nitrogens with one attached hydrogen (secondary N) is 3. The van der Waals surface area contributed by atoms with Gasteiger partial charge in [-0.2, -0.15) is 4.98 Å². The van der Waals surface area contributed by atoms with Gasteiger partial charge in [-0.15, -0.1) is 0 Å². The Hall–Kier alpha value is -7.83. The number of rotatable bonds is 14. The number of anilines is 3. The van der Waals surface area contributed by atoms with Crippen molar-refractivity contribution >= 4 is 53.2 Å². The van der Waals surface area contributed by atoms with Crippen molar-refractivity contribution in [2.24, 2.45) is 5.73 Å². The molecule has 18 nitrogen and oxygen atoms in total. The van der Waals surface area contributed by atoms with Crippen LogP contribution in [0.25, 0.3) is 0 Å². The van der Waals surface area contributed by atoms with Crippen molar-refractivity contribution in [3.63, 3.8) is 0 Å². The lowest BCUT2D eigenvalue weighted by Crippen LogP contribution is -2.41. The van der Waals surface area contributed by atoms with Crippen molar-refractivity contribution in [1.29, 1.82) is 0 Å². The first-order valence-corrected chi connectivity index (χ1v) is 25.1. The molecule has 0 fully saturated rings. The smallest absolute Gasteiger partial charge is 0.407 e. The van der Waals surface area contributed by atoms with E-state index in [1.54, 1.807) is 78.1 Å². The minimum absolute atomic E-state index is 0.0303. The lowest BCUT2D eigenvalue weighted by atomic mass is 10.1. The largest absolute Gasteiger partial charge is 0.493 e. The van der Waals surface area contributed by atoms with Gasteiger partial charge in [-0.3, -0.25) is 19.4 Å². The maximum absolute atomic E-state index is 13.7. The number of nitrogens with two attached hydrogens (primary N) is 1. The molecule has 2 aliphatic rings. The van der Waals surface area contributed by atoms with E-state index in [0.29, 0.717) is 41.9 Å². The van der Waals surface area contributed by atoms with Gasteiger partial charge in [-0.25, -0.2) is 24.5 Å². The molecule has 2 aliphatic heterocycles. The Balaban J connectivity index is 0.000000213. The van der Waals surface area contributed by atoms with Crippen LogP contribution in [0.4, 0.5) is 27.2 Å². The predicted octanol–water partition coefficient (Wildman–Crippen LogP) is 9.70. The monoisotopic (exact) mass is 1040 g/mol. The molecule has 0 spiro atoms. The normalized spacial score (nSPS) is 13.0. The fourth-order valence-electron chi connectivity index (χ4n) is 7.58. The first-order chi connectivity index (χ1) is 35.7. The number of fused-ring (bicyclic) bond motifs is 2. The second kappa shape index (κ2) is 26.4. The summed E-state index contributed by atoms with van der Waals surface area (Å²) < 4.78 is 21.6. The molecule has 4 aromatic carbocycles. The number of carbonyl (C=O) groups is 4. The molecule has 4 heterocycles. The number of hydrogen-bond donors (Lipinski definition) is 4. The van der Waals surface area contributed by atoms with Crippen LogP contribution in [0.3, 0.4) is 0 Å². The molecule has 0 bridgehead atoms. The molecule has 4 amide bonds. The van der Waals surface area contributed by atoms with Crippen LogP contribution in [-0.2, 0) is 22.3 Å². The maximum Gasteiger partial charge on any atom is 0.407 e. The molecule has 19 heteroatoms. The number of alkyl carbamates (subject to hydrolysis) is 2. The summed E-state index contributed by atoms with van der Waals surface area (Å²) in [4.78, 5) is 70.9. The summed E-state index contributed by atoms with van der Waals surface area (Å²) >= 11 is 5.91. The fourth-order valence-corrected chi connectivity index (χ4v) is 7.72. The van der Waals surface area contributed by atoms with E-state index < -0.39 is 23.4 Å². The quantitative estimate of drug-likeness (QED) is 0.0746. The standard InChI is InChI=1S/C28H33N5O4.C20H23ClN4O4.C8H11N/c1-19(20-8-6-5-7-9-20)31-26-29-14-12-24(32-26)33(16-15-30-27(35)37-28(2,3)4)25(34)22-10-11-23-21(18-22)13-17-36-23;1-20(2,3)29-19(27)23-9-10-25(16-6-8-22-18(21)24-16)17(26)14-4-5-15-13(12-14)7-11-28-15;1-7(9)8-5-3-2-4-6-8/h5-12,14,18-19H,13,15-17H2,1-4H3,(H,30,35)(H,29,31,32);4-6,8,12H,7,9-11H2,1-3H3,(H,23,27);2-7H,9H2,1H3/t19-;;7-/m0.0/s1. The van der Waals surface area contributed by atoms with Crippen LogP contribution < -0.4 is 41.0 Å². The molecule has 0 saturated carbocycles. The van der Waals surface area contributed by atoms with Gasteiger partial charge in [0.15, 0.2) is 0 Å². The van der Waals surface area contributed by atoms with E-state index in [9.17, 15) is 19.2 Å². The van der Waals surface area contributed by atoms with Gasteiger partial charge in [0.25, 0.3) is 11.8 Å². The Bertz CT molecular complexity index is 2860. The molecule has 8 rings (SSSR count). The first-order valence-electron chi connectivity index (χ1n) is 24.8. The van der Waals surface area contributed by atoms with Crippen LogP contribution >= 0.6 is 11.6 Å². The number of benzene rings is 4. The number of halogens is 1. The van der Waals surface area contributed by atoms with E-state index in [0.717, 1.165) is 41.0 Å². The van der Waals surface area contributed by atoms with Crippen molar-refractivity contribution in [2.45, 2.75) is 91.5 Å². The summed E-state index contributed by atoms with van der Waals surface area (Å²) in [5, 5.41) is 8.70. The predicted molar refractivity (Wildman–Crippen MR) is 290 cm³/mol. The highest BCUT2D eigenvalue weighted by molar-refractivity contribution is 6.28. The van der Waals surface area contributed by atoms with Crippen LogP contribution in [0.2, 0.25) is 5.28 Å². The van der Waals surface area contributed by atoms with Crippen molar-refractivity contribution in [3.8, 4) is 11.5 Å². The van der Waals surface area contributed by atoms with Gasteiger partial charge in [0.1, 0.15) is 34.3 Å². The summed E-state index contributed by atoms with van der Waals surface area (Å²) in [6.07, 6.45) is 3.51. The van der Waals surface area contributed by atoms with Gasteiger partial charge in [0.2, 0.25) is 11.2 Å². The van der Waals surface area contributed by atoms with Crippen LogP contribution in [0.15, 0.2) is 122 Å². The van der Waals surface area contributed by atoms with E-state index in [2.05, 4.69) is 35.9 Å². The van der Waals surface area contributed by atoms with Crippen LogP contribution in [-0.4, -0.2) is 94.5 Å². The average molecular weight is 1040 g/mol. The van der Waals surface area contributed by atoms with Gasteiger partial charge in [-0.05, 0) is 138 Å².